The Morgan fingerprint density at radius 1 is 1.23 bits per heavy atom. The molecule has 0 spiro atoms. The minimum Gasteiger partial charge on any atom is -0.465 e. The number of aryl methyl sites for hydroxylation is 1. The lowest BCUT2D eigenvalue weighted by atomic mass is 10.0. The van der Waals surface area contributed by atoms with Crippen LogP contribution in [-0.2, 0) is 20.0 Å². The van der Waals surface area contributed by atoms with Crippen LogP contribution in [0.4, 0.5) is 4.79 Å². The van der Waals surface area contributed by atoms with Crippen LogP contribution in [0.1, 0.15) is 35.8 Å². The SMILES string of the molecule is CC(CN1CCc2nc3c(cc2C1=O)nc(-c1cc2ccccc2n1CC1CC1)n3C)NC(=O)O. The molecule has 2 N–H and O–H groups in total. The van der Waals surface area contributed by atoms with E-state index in [-0.39, 0.29) is 11.9 Å². The molecule has 180 valence electrons. The van der Waals surface area contributed by atoms with E-state index in [0.717, 1.165) is 29.4 Å². The molecule has 1 aliphatic heterocycles. The average molecular weight is 473 g/mol. The van der Waals surface area contributed by atoms with Crippen molar-refractivity contribution >= 4 is 34.1 Å². The van der Waals surface area contributed by atoms with E-state index in [1.54, 1.807) is 11.8 Å². The summed E-state index contributed by atoms with van der Waals surface area (Å²) in [6.07, 6.45) is 2.06. The normalized spacial score (nSPS) is 16.6. The molecule has 1 unspecified atom stereocenters. The fourth-order valence-corrected chi connectivity index (χ4v) is 5.18. The fraction of sp³-hybridized carbons (Fsp3) is 0.385. The summed E-state index contributed by atoms with van der Waals surface area (Å²) in [7, 11) is 1.99. The second-order valence-corrected chi connectivity index (χ2v) is 9.81. The van der Waals surface area contributed by atoms with E-state index in [9.17, 15) is 9.59 Å². The van der Waals surface area contributed by atoms with E-state index in [4.69, 9.17) is 15.1 Å². The van der Waals surface area contributed by atoms with Crippen molar-refractivity contribution in [3.05, 3.63) is 47.7 Å². The molecule has 1 fully saturated rings. The average Bonchev–Trinajstić information content (AvgIpc) is 3.50. The third-order valence-electron chi connectivity index (χ3n) is 7.10. The predicted octanol–water partition coefficient (Wildman–Crippen LogP) is 3.65. The van der Waals surface area contributed by atoms with Crippen LogP contribution < -0.4 is 5.32 Å². The Hall–Kier alpha value is -3.88. The van der Waals surface area contributed by atoms with Gasteiger partial charge in [-0.3, -0.25) is 4.79 Å². The van der Waals surface area contributed by atoms with Gasteiger partial charge in [0.1, 0.15) is 5.52 Å². The quantitative estimate of drug-likeness (QED) is 0.446. The van der Waals surface area contributed by atoms with Gasteiger partial charge in [-0.1, -0.05) is 18.2 Å². The van der Waals surface area contributed by atoms with E-state index >= 15 is 0 Å². The zero-order valence-corrected chi connectivity index (χ0v) is 19.9. The summed E-state index contributed by atoms with van der Waals surface area (Å²) in [5, 5.41) is 12.6. The first kappa shape index (κ1) is 21.6. The second kappa shape index (κ2) is 8.11. The molecule has 1 aliphatic carbocycles. The number of benzene rings is 1. The highest BCUT2D eigenvalue weighted by atomic mass is 16.4. The van der Waals surface area contributed by atoms with Gasteiger partial charge in [-0.25, -0.2) is 14.8 Å². The smallest absolute Gasteiger partial charge is 0.404 e. The predicted molar refractivity (Wildman–Crippen MR) is 132 cm³/mol. The van der Waals surface area contributed by atoms with Crippen molar-refractivity contribution < 1.29 is 14.7 Å². The third-order valence-corrected chi connectivity index (χ3v) is 7.10. The molecule has 0 saturated heterocycles. The number of aromatic nitrogens is 4. The minimum absolute atomic E-state index is 0.130. The van der Waals surface area contributed by atoms with E-state index in [0.29, 0.717) is 36.5 Å². The van der Waals surface area contributed by atoms with Crippen LogP contribution in [0.3, 0.4) is 0 Å². The Labute approximate surface area is 202 Å². The van der Waals surface area contributed by atoms with Crippen LogP contribution in [0.25, 0.3) is 33.6 Å². The summed E-state index contributed by atoms with van der Waals surface area (Å²) < 4.78 is 4.40. The van der Waals surface area contributed by atoms with E-state index < -0.39 is 6.09 Å². The molecule has 1 atom stereocenters. The van der Waals surface area contributed by atoms with Gasteiger partial charge in [0.05, 0.1) is 17.0 Å². The first-order valence-electron chi connectivity index (χ1n) is 12.1. The molecule has 6 rings (SSSR count). The first-order chi connectivity index (χ1) is 16.9. The van der Waals surface area contributed by atoms with Crippen LogP contribution in [0, 0.1) is 5.92 Å². The molecule has 0 radical (unpaired) electrons. The van der Waals surface area contributed by atoms with Crippen molar-refractivity contribution in [1.82, 2.24) is 29.3 Å². The number of amides is 2. The lowest BCUT2D eigenvalue weighted by Gasteiger charge is -2.30. The largest absolute Gasteiger partial charge is 0.465 e. The van der Waals surface area contributed by atoms with Gasteiger partial charge in [0.2, 0.25) is 0 Å². The summed E-state index contributed by atoms with van der Waals surface area (Å²) in [4.78, 5) is 35.7. The maximum absolute atomic E-state index is 13.2. The van der Waals surface area contributed by atoms with Crippen LogP contribution in [0.2, 0.25) is 0 Å². The summed E-state index contributed by atoms with van der Waals surface area (Å²) in [6, 6.07) is 12.1. The molecule has 4 aromatic rings. The zero-order chi connectivity index (χ0) is 24.3. The van der Waals surface area contributed by atoms with Crippen LogP contribution >= 0.6 is 0 Å². The standard InChI is InChI=1S/C26H28N6O3/c1-15(27-26(34)35)13-31-10-9-19-18(25(31)33)12-20-23(28-19)30(2)24(29-20)22-11-17-5-3-4-6-21(17)32(22)14-16-7-8-16/h3-6,11-12,15-16,27H,7-10,13-14H2,1-2H3,(H,34,35). The highest BCUT2D eigenvalue weighted by Gasteiger charge is 2.29. The van der Waals surface area contributed by atoms with E-state index in [1.165, 1.54) is 23.7 Å². The number of carboxylic acid groups (broad SMARTS) is 1. The number of imidazole rings is 1. The third kappa shape index (κ3) is 3.80. The van der Waals surface area contributed by atoms with E-state index in [1.807, 2.05) is 17.7 Å². The van der Waals surface area contributed by atoms with Crippen LogP contribution in [-0.4, -0.2) is 60.2 Å². The molecule has 4 heterocycles. The van der Waals surface area contributed by atoms with Gasteiger partial charge in [-0.05, 0) is 43.9 Å². The van der Waals surface area contributed by atoms with Gasteiger partial charge in [0.25, 0.3) is 5.91 Å². The molecule has 0 bridgehead atoms. The molecule has 1 saturated carbocycles. The Balaban J connectivity index is 1.39. The number of carbonyl (C=O) groups excluding carboxylic acids is 1. The van der Waals surface area contributed by atoms with Gasteiger partial charge in [0, 0.05) is 50.0 Å². The number of nitrogens with one attached hydrogen (secondary N) is 1. The van der Waals surface area contributed by atoms with Crippen molar-refractivity contribution in [2.75, 3.05) is 13.1 Å². The summed E-state index contributed by atoms with van der Waals surface area (Å²) in [5.41, 5.74) is 5.06. The Morgan fingerprint density at radius 3 is 2.80 bits per heavy atom. The number of nitrogens with zero attached hydrogens (tertiary/aromatic N) is 5. The Morgan fingerprint density at radius 2 is 2.03 bits per heavy atom. The molecule has 3 aromatic heterocycles. The zero-order valence-electron chi connectivity index (χ0n) is 19.9. The van der Waals surface area contributed by atoms with E-state index in [2.05, 4.69) is 40.2 Å². The molecule has 2 aliphatic rings. The molecular formula is C26H28N6O3. The number of hydrogen-bond donors (Lipinski definition) is 2. The van der Waals surface area contributed by atoms with Crippen molar-refractivity contribution in [3.63, 3.8) is 0 Å². The van der Waals surface area contributed by atoms with Gasteiger partial charge in [-0.15, -0.1) is 0 Å². The maximum Gasteiger partial charge on any atom is 0.404 e. The first-order valence-corrected chi connectivity index (χ1v) is 12.1. The lowest BCUT2D eigenvalue weighted by molar-refractivity contribution is 0.0722. The van der Waals surface area contributed by atoms with Gasteiger partial charge >= 0.3 is 6.09 Å². The topological polar surface area (TPSA) is 105 Å². The Kier molecular flexibility index (Phi) is 5.01. The fourth-order valence-electron chi connectivity index (χ4n) is 5.18. The maximum atomic E-state index is 13.2. The number of rotatable bonds is 6. The molecule has 2 amide bonds. The summed E-state index contributed by atoms with van der Waals surface area (Å²) >= 11 is 0. The van der Waals surface area contributed by atoms with Crippen molar-refractivity contribution in [2.24, 2.45) is 13.0 Å². The summed E-state index contributed by atoms with van der Waals surface area (Å²) in [6.45, 7) is 3.56. The monoisotopic (exact) mass is 472 g/mol. The minimum atomic E-state index is -1.09. The number of hydrogen-bond acceptors (Lipinski definition) is 4. The van der Waals surface area contributed by atoms with Crippen LogP contribution in [0.5, 0.6) is 0 Å². The van der Waals surface area contributed by atoms with Crippen LogP contribution in [0.15, 0.2) is 36.4 Å². The number of para-hydroxylation sites is 1. The number of fused-ring (bicyclic) bond motifs is 3. The van der Waals surface area contributed by atoms with Gasteiger partial charge in [0.15, 0.2) is 11.5 Å². The van der Waals surface area contributed by atoms with Crippen molar-refractivity contribution in [2.45, 2.75) is 38.8 Å². The highest BCUT2D eigenvalue weighted by molar-refractivity contribution is 5.99. The summed E-state index contributed by atoms with van der Waals surface area (Å²) in [5.74, 6) is 1.43. The molecule has 9 heteroatoms. The molecule has 1 aromatic carbocycles. The van der Waals surface area contributed by atoms with Gasteiger partial charge in [-0.2, -0.15) is 0 Å². The molecular weight excluding hydrogens is 444 g/mol. The lowest BCUT2D eigenvalue weighted by Crippen LogP contribution is -2.46. The van der Waals surface area contributed by atoms with Crippen molar-refractivity contribution in [1.29, 1.82) is 0 Å². The highest BCUT2D eigenvalue weighted by Crippen LogP contribution is 2.36. The molecule has 9 nitrogen and oxygen atoms in total. The Bertz CT molecular complexity index is 1480. The second-order valence-electron chi connectivity index (χ2n) is 9.81. The van der Waals surface area contributed by atoms with Gasteiger partial charge < -0.3 is 24.5 Å². The molecule has 35 heavy (non-hydrogen) atoms. The number of carbonyl (C=O) groups is 2. The van der Waals surface area contributed by atoms with Crippen molar-refractivity contribution in [3.8, 4) is 11.5 Å². The number of pyridine rings is 1.